The van der Waals surface area contributed by atoms with E-state index in [1.807, 2.05) is 0 Å². The molecule has 1 rings (SSSR count). The Morgan fingerprint density at radius 2 is 2.00 bits per heavy atom. The summed E-state index contributed by atoms with van der Waals surface area (Å²) in [6, 6.07) is 4.14. The molecule has 0 aliphatic heterocycles. The molecule has 1 aromatic rings. The van der Waals surface area contributed by atoms with Gasteiger partial charge in [-0.3, -0.25) is 0 Å². The van der Waals surface area contributed by atoms with Crippen LogP contribution < -0.4 is 5.73 Å². The smallest absolute Gasteiger partial charge is 0.376 e. The Morgan fingerprint density at radius 3 is 2.47 bits per heavy atom. The molecule has 6 heteroatoms. The third-order valence-corrected chi connectivity index (χ3v) is 2.64. The van der Waals surface area contributed by atoms with E-state index >= 15 is 0 Å². The maximum Gasteiger partial charge on any atom is 0.376 e. The van der Waals surface area contributed by atoms with Crippen molar-refractivity contribution in [3.63, 3.8) is 0 Å². The molecule has 0 saturated carbocycles. The van der Waals surface area contributed by atoms with Crippen molar-refractivity contribution >= 4 is 21.9 Å². The van der Waals surface area contributed by atoms with Gasteiger partial charge in [0.2, 0.25) is 0 Å². The summed E-state index contributed by atoms with van der Waals surface area (Å²) >= 11 is 3.03. The minimum atomic E-state index is -3.98. The van der Waals surface area contributed by atoms with Crippen LogP contribution in [0.5, 0.6) is 0 Å². The van der Waals surface area contributed by atoms with Crippen LogP contribution in [0.4, 0.5) is 8.78 Å². The number of rotatable bonds is 3. The summed E-state index contributed by atoms with van der Waals surface area (Å²) in [5, 5.41) is 8.32. The van der Waals surface area contributed by atoms with Gasteiger partial charge in [0.1, 0.15) is 6.04 Å². The minimum Gasteiger partial charge on any atom is -0.477 e. The molecule has 3 nitrogen and oxygen atoms in total. The summed E-state index contributed by atoms with van der Waals surface area (Å²) in [5.41, 5.74) is 5.27. The van der Waals surface area contributed by atoms with Gasteiger partial charge in [0.05, 0.1) is 0 Å². The molecule has 3 N–H and O–H groups in total. The van der Waals surface area contributed by atoms with Crippen LogP contribution in [0.1, 0.15) is 11.6 Å². The summed E-state index contributed by atoms with van der Waals surface area (Å²) in [6.45, 7) is 0. The van der Waals surface area contributed by atoms with Crippen molar-refractivity contribution in [2.45, 2.75) is 12.0 Å². The Hall–Kier alpha value is -1.01. The molecule has 0 amide bonds. The molecule has 1 unspecified atom stereocenters. The van der Waals surface area contributed by atoms with E-state index in [-0.39, 0.29) is 5.56 Å². The number of halogens is 3. The van der Waals surface area contributed by atoms with E-state index in [4.69, 9.17) is 10.8 Å². The van der Waals surface area contributed by atoms with Crippen molar-refractivity contribution in [3.8, 4) is 0 Å². The summed E-state index contributed by atoms with van der Waals surface area (Å²) < 4.78 is 26.5. The molecule has 0 heterocycles. The first-order chi connectivity index (χ1) is 6.87. The van der Waals surface area contributed by atoms with Gasteiger partial charge in [-0.25, -0.2) is 4.79 Å². The number of carbonyl (C=O) groups is 1. The quantitative estimate of drug-likeness (QED) is 0.891. The van der Waals surface area contributed by atoms with Crippen molar-refractivity contribution in [1.29, 1.82) is 0 Å². The molecule has 15 heavy (non-hydrogen) atoms. The molecule has 0 aliphatic carbocycles. The van der Waals surface area contributed by atoms with Gasteiger partial charge in [-0.15, -0.1) is 0 Å². The predicted octanol–water partition coefficient (Wildman–Crippen LogP) is 2.17. The number of benzene rings is 1. The van der Waals surface area contributed by atoms with Gasteiger partial charge < -0.3 is 10.8 Å². The van der Waals surface area contributed by atoms with Crippen molar-refractivity contribution < 1.29 is 18.7 Å². The molecule has 0 fully saturated rings. The first kappa shape index (κ1) is 12.1. The summed E-state index contributed by atoms with van der Waals surface area (Å²) in [4.78, 5) is 10.3. The van der Waals surface area contributed by atoms with Crippen molar-refractivity contribution in [1.82, 2.24) is 0 Å². The fourth-order valence-electron chi connectivity index (χ4n) is 1.06. The van der Waals surface area contributed by atoms with E-state index < -0.39 is 17.9 Å². The Morgan fingerprint density at radius 1 is 1.47 bits per heavy atom. The van der Waals surface area contributed by atoms with Crippen LogP contribution in [0.15, 0.2) is 28.7 Å². The standard InChI is InChI=1S/C9H8BrF2NO2/c10-6-4-2-1-3-5(6)7(13)9(11,12)8(14)15/h1-4,7H,13H2,(H,14,15). The van der Waals surface area contributed by atoms with Crippen molar-refractivity contribution in [2.75, 3.05) is 0 Å². The summed E-state index contributed by atoms with van der Waals surface area (Å²) in [7, 11) is 0. The van der Waals surface area contributed by atoms with Gasteiger partial charge in [0.25, 0.3) is 0 Å². The number of carboxylic acids is 1. The van der Waals surface area contributed by atoms with Crippen LogP contribution in [-0.2, 0) is 4.79 Å². The highest BCUT2D eigenvalue weighted by Crippen LogP contribution is 2.33. The van der Waals surface area contributed by atoms with Crippen LogP contribution in [-0.4, -0.2) is 17.0 Å². The monoisotopic (exact) mass is 279 g/mol. The highest BCUT2D eigenvalue weighted by Gasteiger charge is 2.46. The zero-order valence-corrected chi connectivity index (χ0v) is 9.04. The van der Waals surface area contributed by atoms with Crippen LogP contribution in [0.3, 0.4) is 0 Å². The molecular weight excluding hydrogens is 272 g/mol. The van der Waals surface area contributed by atoms with Crippen LogP contribution in [0.25, 0.3) is 0 Å². The Labute approximate surface area is 93.0 Å². The topological polar surface area (TPSA) is 63.3 Å². The summed E-state index contributed by atoms with van der Waals surface area (Å²) in [6.07, 6.45) is 0. The maximum absolute atomic E-state index is 13.1. The van der Waals surface area contributed by atoms with Gasteiger partial charge in [-0.1, -0.05) is 34.1 Å². The van der Waals surface area contributed by atoms with E-state index in [2.05, 4.69) is 15.9 Å². The second-order valence-electron chi connectivity index (χ2n) is 2.93. The first-order valence-corrected chi connectivity index (χ1v) is 4.78. The van der Waals surface area contributed by atoms with Crippen molar-refractivity contribution in [2.24, 2.45) is 5.73 Å². The Kier molecular flexibility index (Phi) is 3.41. The zero-order valence-electron chi connectivity index (χ0n) is 7.45. The lowest BCUT2D eigenvalue weighted by atomic mass is 10.0. The SMILES string of the molecule is NC(c1ccccc1Br)C(F)(F)C(=O)O. The fourth-order valence-corrected chi connectivity index (χ4v) is 1.59. The molecule has 0 aromatic heterocycles. The molecule has 0 bridgehead atoms. The number of aliphatic carboxylic acids is 1. The van der Waals surface area contributed by atoms with Gasteiger partial charge in [0, 0.05) is 4.47 Å². The second kappa shape index (κ2) is 4.24. The molecule has 0 spiro atoms. The van der Waals surface area contributed by atoms with Crippen molar-refractivity contribution in [3.05, 3.63) is 34.3 Å². The van der Waals surface area contributed by atoms with Gasteiger partial charge >= 0.3 is 11.9 Å². The first-order valence-electron chi connectivity index (χ1n) is 3.98. The molecule has 0 aliphatic rings. The van der Waals surface area contributed by atoms with E-state index in [1.54, 1.807) is 6.07 Å². The maximum atomic E-state index is 13.1. The number of alkyl halides is 2. The molecular formula is C9H8BrF2NO2. The van der Waals surface area contributed by atoms with E-state index in [0.717, 1.165) is 0 Å². The molecule has 0 saturated heterocycles. The van der Waals surface area contributed by atoms with E-state index in [0.29, 0.717) is 4.47 Å². The lowest BCUT2D eigenvalue weighted by Gasteiger charge is -2.20. The van der Waals surface area contributed by atoms with Gasteiger partial charge in [-0.05, 0) is 11.6 Å². The summed E-state index contributed by atoms with van der Waals surface area (Å²) in [5.74, 6) is -6.21. The number of carboxylic acid groups (broad SMARTS) is 1. The molecule has 1 atom stereocenters. The lowest BCUT2D eigenvalue weighted by molar-refractivity contribution is -0.168. The molecule has 82 valence electrons. The van der Waals surface area contributed by atoms with E-state index in [1.165, 1.54) is 18.2 Å². The highest BCUT2D eigenvalue weighted by molar-refractivity contribution is 9.10. The Bertz CT molecular complexity index is 384. The predicted molar refractivity (Wildman–Crippen MR) is 53.7 cm³/mol. The van der Waals surface area contributed by atoms with Gasteiger partial charge in [-0.2, -0.15) is 8.78 Å². The zero-order chi connectivity index (χ0) is 11.6. The van der Waals surface area contributed by atoms with Gasteiger partial charge in [0.15, 0.2) is 0 Å². The Balaban J connectivity index is 3.10. The largest absolute Gasteiger partial charge is 0.477 e. The average Bonchev–Trinajstić information content (AvgIpc) is 2.17. The lowest BCUT2D eigenvalue weighted by Crippen LogP contribution is -2.40. The normalized spacial score (nSPS) is 13.6. The van der Waals surface area contributed by atoms with E-state index in [9.17, 15) is 13.6 Å². The van der Waals surface area contributed by atoms with Crippen LogP contribution >= 0.6 is 15.9 Å². The second-order valence-corrected chi connectivity index (χ2v) is 3.78. The molecule has 1 aromatic carbocycles. The fraction of sp³-hybridized carbons (Fsp3) is 0.222. The highest BCUT2D eigenvalue weighted by atomic mass is 79.9. The third-order valence-electron chi connectivity index (χ3n) is 1.92. The number of hydrogen-bond acceptors (Lipinski definition) is 2. The molecule has 0 radical (unpaired) electrons. The minimum absolute atomic E-state index is 0.0601. The average molecular weight is 280 g/mol. The van der Waals surface area contributed by atoms with Crippen LogP contribution in [0.2, 0.25) is 0 Å². The van der Waals surface area contributed by atoms with Crippen LogP contribution in [0, 0.1) is 0 Å². The third kappa shape index (κ3) is 2.32. The number of hydrogen-bond donors (Lipinski definition) is 2. The number of nitrogens with two attached hydrogens (primary N) is 1.